The minimum Gasteiger partial charge on any atom is -0.454 e. The monoisotopic (exact) mass is 246 g/mol. The summed E-state index contributed by atoms with van der Waals surface area (Å²) >= 11 is 0. The number of ketones is 1. The van der Waals surface area contributed by atoms with Crippen molar-refractivity contribution in [3.05, 3.63) is 35.5 Å². The molecular formula is C15H18O3. The van der Waals surface area contributed by atoms with E-state index in [-0.39, 0.29) is 23.3 Å². The minimum absolute atomic E-state index is 0.0252. The molecule has 0 saturated carbocycles. The van der Waals surface area contributed by atoms with Crippen molar-refractivity contribution in [3.63, 3.8) is 0 Å². The lowest BCUT2D eigenvalue weighted by Gasteiger charge is -2.25. The third-order valence-electron chi connectivity index (χ3n) is 3.50. The second kappa shape index (κ2) is 4.56. The first-order chi connectivity index (χ1) is 8.40. The normalized spacial score (nSPS) is 30.1. The Balaban J connectivity index is 2.37. The van der Waals surface area contributed by atoms with Gasteiger partial charge in [-0.15, -0.1) is 0 Å². The quantitative estimate of drug-likeness (QED) is 0.617. The number of hydrogen-bond acceptors (Lipinski definition) is 3. The van der Waals surface area contributed by atoms with Gasteiger partial charge in [-0.05, 0) is 37.5 Å². The summed E-state index contributed by atoms with van der Waals surface area (Å²) in [6, 6.07) is 0. The molecule has 2 aliphatic rings. The zero-order valence-corrected chi connectivity index (χ0v) is 11.0. The first kappa shape index (κ1) is 12.8. The van der Waals surface area contributed by atoms with Crippen LogP contribution in [0.5, 0.6) is 0 Å². The highest BCUT2D eigenvalue weighted by Crippen LogP contribution is 2.33. The summed E-state index contributed by atoms with van der Waals surface area (Å²) in [5, 5.41) is 0. The number of allylic oxidation sites excluding steroid dienone is 3. The standard InChI is InChI=1S/C15H18O3/c1-10-5-4-6-11-9-13(18-14(11)17)15(2,3)8-7-12(10)16/h5,7-9,13H,4,6H2,1-3H3/b8-7?,10-5-. The Morgan fingerprint density at radius 3 is 2.78 bits per heavy atom. The van der Waals surface area contributed by atoms with Gasteiger partial charge in [0, 0.05) is 11.0 Å². The van der Waals surface area contributed by atoms with E-state index in [1.807, 2.05) is 39.0 Å². The van der Waals surface area contributed by atoms with Crippen LogP contribution in [-0.2, 0) is 14.3 Å². The van der Waals surface area contributed by atoms with Crippen LogP contribution in [0, 0.1) is 5.41 Å². The van der Waals surface area contributed by atoms with Gasteiger partial charge in [0.25, 0.3) is 0 Å². The summed E-state index contributed by atoms with van der Waals surface area (Å²) < 4.78 is 5.36. The Hall–Kier alpha value is -1.64. The molecule has 1 unspecified atom stereocenters. The Bertz CT molecular complexity index is 478. The lowest BCUT2D eigenvalue weighted by atomic mass is 9.85. The zero-order valence-electron chi connectivity index (χ0n) is 11.0. The zero-order chi connectivity index (χ0) is 13.3. The second-order valence-corrected chi connectivity index (χ2v) is 5.46. The highest BCUT2D eigenvalue weighted by Gasteiger charge is 2.35. The molecule has 18 heavy (non-hydrogen) atoms. The molecule has 0 fully saturated rings. The van der Waals surface area contributed by atoms with E-state index in [0.29, 0.717) is 12.8 Å². The molecule has 2 bridgehead atoms. The van der Waals surface area contributed by atoms with Gasteiger partial charge in [0.05, 0.1) is 0 Å². The van der Waals surface area contributed by atoms with E-state index in [0.717, 1.165) is 11.1 Å². The molecular weight excluding hydrogens is 228 g/mol. The molecule has 0 saturated heterocycles. The summed E-state index contributed by atoms with van der Waals surface area (Å²) in [6.45, 7) is 5.73. The summed E-state index contributed by atoms with van der Waals surface area (Å²) in [6.07, 6.45) is 8.24. The summed E-state index contributed by atoms with van der Waals surface area (Å²) in [7, 11) is 0. The third kappa shape index (κ3) is 2.45. The van der Waals surface area contributed by atoms with Crippen LogP contribution in [0.15, 0.2) is 35.5 Å². The van der Waals surface area contributed by atoms with Crippen LogP contribution in [0.4, 0.5) is 0 Å². The molecule has 0 N–H and O–H groups in total. The fourth-order valence-corrected chi connectivity index (χ4v) is 2.09. The van der Waals surface area contributed by atoms with Crippen molar-refractivity contribution in [1.29, 1.82) is 0 Å². The molecule has 3 nitrogen and oxygen atoms in total. The van der Waals surface area contributed by atoms with Crippen LogP contribution in [0.25, 0.3) is 0 Å². The predicted molar refractivity (Wildman–Crippen MR) is 68.9 cm³/mol. The first-order valence-electron chi connectivity index (χ1n) is 6.22. The van der Waals surface area contributed by atoms with Gasteiger partial charge in [-0.2, -0.15) is 0 Å². The van der Waals surface area contributed by atoms with Gasteiger partial charge in [0.15, 0.2) is 5.78 Å². The number of fused-ring (bicyclic) bond motifs is 1. The Morgan fingerprint density at radius 1 is 1.33 bits per heavy atom. The largest absolute Gasteiger partial charge is 0.454 e. The Kier molecular flexibility index (Phi) is 3.24. The molecule has 0 amide bonds. The van der Waals surface area contributed by atoms with E-state index in [9.17, 15) is 9.59 Å². The molecule has 1 aliphatic heterocycles. The van der Waals surface area contributed by atoms with Crippen molar-refractivity contribution in [2.75, 3.05) is 0 Å². The number of ether oxygens (including phenoxy) is 1. The molecule has 0 aromatic carbocycles. The van der Waals surface area contributed by atoms with Crippen LogP contribution in [-0.4, -0.2) is 17.9 Å². The summed E-state index contributed by atoms with van der Waals surface area (Å²) in [4.78, 5) is 23.5. The molecule has 0 aromatic rings. The van der Waals surface area contributed by atoms with E-state index in [4.69, 9.17) is 4.74 Å². The Labute approximate surface area is 107 Å². The van der Waals surface area contributed by atoms with Gasteiger partial charge < -0.3 is 4.74 Å². The van der Waals surface area contributed by atoms with E-state index >= 15 is 0 Å². The van der Waals surface area contributed by atoms with E-state index < -0.39 is 0 Å². The van der Waals surface area contributed by atoms with Gasteiger partial charge >= 0.3 is 5.97 Å². The second-order valence-electron chi connectivity index (χ2n) is 5.46. The maximum Gasteiger partial charge on any atom is 0.334 e. The molecule has 96 valence electrons. The van der Waals surface area contributed by atoms with E-state index in [1.165, 1.54) is 0 Å². The molecule has 2 rings (SSSR count). The Morgan fingerprint density at radius 2 is 2.06 bits per heavy atom. The van der Waals surface area contributed by atoms with E-state index in [1.54, 1.807) is 6.08 Å². The van der Waals surface area contributed by atoms with E-state index in [2.05, 4.69) is 0 Å². The van der Waals surface area contributed by atoms with Crippen molar-refractivity contribution >= 4 is 11.8 Å². The predicted octanol–water partition coefficient (Wildman–Crippen LogP) is 2.73. The average molecular weight is 246 g/mol. The number of carbonyl (C=O) groups is 2. The number of esters is 1. The summed E-state index contributed by atoms with van der Waals surface area (Å²) in [5.41, 5.74) is 1.09. The smallest absolute Gasteiger partial charge is 0.334 e. The lowest BCUT2D eigenvalue weighted by molar-refractivity contribution is -0.142. The van der Waals surface area contributed by atoms with Crippen LogP contribution < -0.4 is 0 Å². The number of carbonyl (C=O) groups excluding carboxylic acids is 2. The molecule has 0 spiro atoms. The molecule has 3 heteroatoms. The van der Waals surface area contributed by atoms with Gasteiger partial charge in [-0.25, -0.2) is 4.79 Å². The highest BCUT2D eigenvalue weighted by molar-refractivity contribution is 6.03. The van der Waals surface area contributed by atoms with Gasteiger partial charge in [-0.1, -0.05) is 26.0 Å². The minimum atomic E-state index is -0.363. The van der Waals surface area contributed by atoms with Gasteiger partial charge in [0.1, 0.15) is 6.10 Å². The fourth-order valence-electron chi connectivity index (χ4n) is 2.09. The van der Waals surface area contributed by atoms with Crippen molar-refractivity contribution in [3.8, 4) is 0 Å². The lowest BCUT2D eigenvalue weighted by Crippen LogP contribution is -2.27. The summed E-state index contributed by atoms with van der Waals surface area (Å²) in [5.74, 6) is -0.198. The first-order valence-corrected chi connectivity index (χ1v) is 6.22. The fraction of sp³-hybridized carbons (Fsp3) is 0.467. The molecule has 1 heterocycles. The van der Waals surface area contributed by atoms with Crippen molar-refractivity contribution in [2.45, 2.75) is 39.7 Å². The van der Waals surface area contributed by atoms with Crippen molar-refractivity contribution in [1.82, 2.24) is 0 Å². The average Bonchev–Trinajstić information content (AvgIpc) is 2.67. The van der Waals surface area contributed by atoms with Crippen LogP contribution in [0.1, 0.15) is 33.6 Å². The number of rotatable bonds is 0. The third-order valence-corrected chi connectivity index (χ3v) is 3.50. The molecule has 1 aliphatic carbocycles. The van der Waals surface area contributed by atoms with Gasteiger partial charge in [0.2, 0.25) is 0 Å². The van der Waals surface area contributed by atoms with Crippen LogP contribution >= 0.6 is 0 Å². The molecule has 0 radical (unpaired) electrons. The molecule has 0 aromatic heterocycles. The maximum absolute atomic E-state index is 11.8. The number of hydrogen-bond donors (Lipinski definition) is 0. The maximum atomic E-state index is 11.8. The SMILES string of the molecule is C/C1=C/CCC2=CC(OC2=O)C(C)(C)C=CC1=O. The van der Waals surface area contributed by atoms with Crippen molar-refractivity contribution < 1.29 is 14.3 Å². The highest BCUT2D eigenvalue weighted by atomic mass is 16.5. The van der Waals surface area contributed by atoms with Crippen molar-refractivity contribution in [2.24, 2.45) is 5.41 Å². The molecule has 1 atom stereocenters. The van der Waals surface area contributed by atoms with Crippen LogP contribution in [0.2, 0.25) is 0 Å². The topological polar surface area (TPSA) is 43.4 Å². The van der Waals surface area contributed by atoms with Gasteiger partial charge in [-0.3, -0.25) is 4.79 Å². The van der Waals surface area contributed by atoms with Crippen LogP contribution in [0.3, 0.4) is 0 Å².